The van der Waals surface area contributed by atoms with E-state index in [1.807, 2.05) is 0 Å². The molecule has 0 spiro atoms. The van der Waals surface area contributed by atoms with Crippen molar-refractivity contribution in [1.82, 2.24) is 5.32 Å². The van der Waals surface area contributed by atoms with Crippen molar-refractivity contribution in [2.45, 2.75) is 9.79 Å². The van der Waals surface area contributed by atoms with Crippen molar-refractivity contribution in [3.8, 4) is 5.75 Å². The van der Waals surface area contributed by atoms with E-state index in [4.69, 9.17) is 14.8 Å². The molecule has 2 rings (SSSR count). The summed E-state index contributed by atoms with van der Waals surface area (Å²) in [6.07, 6.45) is 0. The van der Waals surface area contributed by atoms with E-state index in [0.29, 0.717) is 12.1 Å². The smallest absolute Gasteiger partial charge is 0.319 e. The molecule has 2 aromatic rings. The highest BCUT2D eigenvalue weighted by molar-refractivity contribution is 7.86. The lowest BCUT2D eigenvalue weighted by Crippen LogP contribution is -2.35. The zero-order valence-corrected chi connectivity index (χ0v) is 13.6. The molecule has 0 radical (unpaired) electrons. The van der Waals surface area contributed by atoms with Crippen molar-refractivity contribution in [3.05, 3.63) is 29.8 Å². The zero-order valence-electron chi connectivity index (χ0n) is 12.0. The van der Waals surface area contributed by atoms with Gasteiger partial charge in [0, 0.05) is 11.5 Å². The summed E-state index contributed by atoms with van der Waals surface area (Å²) in [5.74, 6) is -2.01. The maximum Gasteiger partial charge on any atom is 0.319 e. The van der Waals surface area contributed by atoms with Gasteiger partial charge in [-0.2, -0.15) is 16.8 Å². The van der Waals surface area contributed by atoms with Gasteiger partial charge in [0.05, 0.1) is 15.4 Å². The second kappa shape index (κ2) is 5.96. The van der Waals surface area contributed by atoms with Crippen LogP contribution in [-0.4, -0.2) is 43.0 Å². The van der Waals surface area contributed by atoms with Gasteiger partial charge in [-0.15, -0.1) is 0 Å². The van der Waals surface area contributed by atoms with Crippen LogP contribution in [0.25, 0.3) is 10.8 Å². The Morgan fingerprint density at radius 3 is 1.84 bits per heavy atom. The molecule has 0 aromatic heterocycles. The Labute approximate surface area is 140 Å². The summed E-state index contributed by atoms with van der Waals surface area (Å²) in [5, 5.41) is 11.0. The van der Waals surface area contributed by atoms with Crippen LogP contribution in [0.1, 0.15) is 10.4 Å². The summed E-state index contributed by atoms with van der Waals surface area (Å²) in [7, 11) is -9.59. The van der Waals surface area contributed by atoms with Gasteiger partial charge in [-0.25, -0.2) is 4.79 Å². The van der Waals surface area contributed by atoms with E-state index in [0.717, 1.165) is 12.1 Å². The molecule has 0 saturated heterocycles. The minimum atomic E-state index is -4.83. The van der Waals surface area contributed by atoms with Gasteiger partial charge < -0.3 is 10.8 Å². The van der Waals surface area contributed by atoms with Crippen LogP contribution >= 0.6 is 0 Å². The van der Waals surface area contributed by atoms with Crippen molar-refractivity contribution in [2.75, 3.05) is 0 Å². The van der Waals surface area contributed by atoms with Crippen molar-refractivity contribution in [1.29, 1.82) is 0 Å². The van der Waals surface area contributed by atoms with Crippen LogP contribution in [-0.2, 0) is 20.2 Å². The summed E-state index contributed by atoms with van der Waals surface area (Å²) >= 11 is 0. The number of urea groups is 1. The minimum Gasteiger partial charge on any atom is -0.507 e. The van der Waals surface area contributed by atoms with Gasteiger partial charge in [-0.05, 0) is 23.6 Å². The van der Waals surface area contributed by atoms with Crippen LogP contribution in [0.3, 0.4) is 0 Å². The Kier molecular flexibility index (Phi) is 4.43. The number of hydrogen-bond donors (Lipinski definition) is 5. The van der Waals surface area contributed by atoms with Gasteiger partial charge in [0.15, 0.2) is 0 Å². The molecule has 0 heterocycles. The molecule has 3 amide bonds. The first-order valence-electron chi connectivity index (χ1n) is 6.17. The maximum absolute atomic E-state index is 12.0. The zero-order chi connectivity index (χ0) is 19.2. The molecule has 0 aliphatic rings. The quantitative estimate of drug-likeness (QED) is 0.442. The number of rotatable bonds is 3. The van der Waals surface area contributed by atoms with Crippen molar-refractivity contribution >= 4 is 42.9 Å². The molecule has 0 atom stereocenters. The van der Waals surface area contributed by atoms with Gasteiger partial charge in [-0.1, -0.05) is 0 Å². The number of hydrogen-bond acceptors (Lipinski definition) is 7. The average molecular weight is 390 g/mol. The van der Waals surface area contributed by atoms with Crippen LogP contribution in [0.5, 0.6) is 5.75 Å². The number of carbonyl (C=O) groups excluding carboxylic acids is 2. The Bertz CT molecular complexity index is 1120. The standard InChI is InChI=1S/C12H10N2O9S2/c13-12(17)14-11(16)8-3-6(24(18,19)20)1-5-2-7(25(21,22)23)4-9(15)10(5)8/h1-4,15H,(H,18,19,20)(H,21,22,23)(H3,13,14,16,17). The molecule has 6 N–H and O–H groups in total. The number of phenols is 1. The largest absolute Gasteiger partial charge is 0.507 e. The first-order chi connectivity index (χ1) is 11.3. The van der Waals surface area contributed by atoms with Crippen LogP contribution in [0.4, 0.5) is 4.79 Å². The first kappa shape index (κ1) is 18.6. The molecule has 0 unspecified atom stereocenters. The van der Waals surface area contributed by atoms with E-state index >= 15 is 0 Å². The van der Waals surface area contributed by atoms with E-state index < -0.39 is 53.3 Å². The predicted octanol–water partition coefficient (Wildman–Crippen LogP) is -0.153. The Balaban J connectivity index is 2.95. The third-order valence-corrected chi connectivity index (χ3v) is 4.72. The highest BCUT2D eigenvalue weighted by atomic mass is 32.2. The molecule has 2 aromatic carbocycles. The summed E-state index contributed by atoms with van der Waals surface area (Å²) in [4.78, 5) is 21.2. The molecule has 25 heavy (non-hydrogen) atoms. The van der Waals surface area contributed by atoms with E-state index in [1.165, 1.54) is 0 Å². The lowest BCUT2D eigenvalue weighted by molar-refractivity contribution is 0.0967. The molecule has 0 aliphatic carbocycles. The third kappa shape index (κ3) is 3.85. The van der Waals surface area contributed by atoms with E-state index in [9.17, 15) is 31.5 Å². The second-order valence-corrected chi connectivity index (χ2v) is 7.62. The Morgan fingerprint density at radius 1 is 0.920 bits per heavy atom. The van der Waals surface area contributed by atoms with Crippen LogP contribution in [0.15, 0.2) is 34.1 Å². The highest BCUT2D eigenvalue weighted by Crippen LogP contribution is 2.33. The normalized spacial score (nSPS) is 12.1. The number of benzene rings is 2. The van der Waals surface area contributed by atoms with E-state index in [1.54, 1.807) is 5.32 Å². The number of phenolic OH excluding ortho intramolecular Hbond substituents is 1. The molecule has 11 nitrogen and oxygen atoms in total. The fourth-order valence-electron chi connectivity index (χ4n) is 2.09. The first-order valence-corrected chi connectivity index (χ1v) is 9.05. The number of nitrogens with two attached hydrogens (primary N) is 1. The van der Waals surface area contributed by atoms with Gasteiger partial charge >= 0.3 is 6.03 Å². The third-order valence-electron chi connectivity index (χ3n) is 3.05. The monoisotopic (exact) mass is 390 g/mol. The van der Waals surface area contributed by atoms with Crippen LogP contribution in [0.2, 0.25) is 0 Å². The fourth-order valence-corrected chi connectivity index (χ4v) is 3.17. The maximum atomic E-state index is 12.0. The lowest BCUT2D eigenvalue weighted by Gasteiger charge is -2.11. The van der Waals surface area contributed by atoms with Crippen molar-refractivity contribution in [2.24, 2.45) is 5.73 Å². The number of primary amides is 1. The number of fused-ring (bicyclic) bond motifs is 1. The van der Waals surface area contributed by atoms with Crippen molar-refractivity contribution < 1.29 is 40.6 Å². The van der Waals surface area contributed by atoms with Crippen LogP contribution in [0, 0.1) is 0 Å². The molecular formula is C12H10N2O9S2. The number of carbonyl (C=O) groups is 2. The number of imide groups is 1. The van der Waals surface area contributed by atoms with Gasteiger partial charge in [0.25, 0.3) is 26.1 Å². The minimum absolute atomic E-state index is 0.322. The number of aromatic hydroxyl groups is 1. The Morgan fingerprint density at radius 2 is 1.40 bits per heavy atom. The molecular weight excluding hydrogens is 380 g/mol. The van der Waals surface area contributed by atoms with Gasteiger partial charge in [0.2, 0.25) is 0 Å². The van der Waals surface area contributed by atoms with Gasteiger partial charge in [0.1, 0.15) is 5.75 Å². The summed E-state index contributed by atoms with van der Waals surface area (Å²) in [6, 6.07) is 1.53. The SMILES string of the molecule is NC(=O)NC(=O)c1cc(S(=O)(=O)O)cc2cc(S(=O)(=O)O)cc(O)c12. The van der Waals surface area contributed by atoms with Crippen molar-refractivity contribution in [3.63, 3.8) is 0 Å². The lowest BCUT2D eigenvalue weighted by atomic mass is 10.0. The number of nitrogens with one attached hydrogen (secondary N) is 1. The second-order valence-electron chi connectivity index (χ2n) is 4.78. The van der Waals surface area contributed by atoms with Gasteiger partial charge in [-0.3, -0.25) is 19.2 Å². The van der Waals surface area contributed by atoms with Crippen LogP contribution < -0.4 is 11.1 Å². The topological polar surface area (TPSA) is 201 Å². The molecule has 0 aliphatic heterocycles. The molecule has 134 valence electrons. The highest BCUT2D eigenvalue weighted by Gasteiger charge is 2.22. The van der Waals surface area contributed by atoms with E-state index in [2.05, 4.69) is 0 Å². The number of amides is 3. The fraction of sp³-hybridized carbons (Fsp3) is 0. The summed E-state index contributed by atoms with van der Waals surface area (Å²) in [5.41, 5.74) is 4.22. The predicted molar refractivity (Wildman–Crippen MR) is 82.3 cm³/mol. The molecule has 0 fully saturated rings. The summed E-state index contributed by atoms with van der Waals surface area (Å²) in [6.45, 7) is 0. The van der Waals surface area contributed by atoms with E-state index in [-0.39, 0.29) is 10.8 Å². The molecule has 0 bridgehead atoms. The molecule has 0 saturated carbocycles. The Hall–Kier alpha value is -2.74. The molecule has 13 heteroatoms. The summed E-state index contributed by atoms with van der Waals surface area (Å²) < 4.78 is 63.3. The average Bonchev–Trinajstić information content (AvgIpc) is 2.43.